The monoisotopic (exact) mass is 243 g/mol. The molecule has 6 heteroatoms. The van der Waals surface area contributed by atoms with Crippen LogP contribution in [0.5, 0.6) is 0 Å². The van der Waals surface area contributed by atoms with Crippen molar-refractivity contribution < 1.29 is 14.3 Å². The van der Waals surface area contributed by atoms with Crippen LogP contribution in [0.4, 0.5) is 0 Å². The third-order valence-electron chi connectivity index (χ3n) is 2.79. The second kappa shape index (κ2) is 7.24. The second-order valence-electron chi connectivity index (χ2n) is 4.12. The molecule has 2 amide bonds. The van der Waals surface area contributed by atoms with Crippen LogP contribution in [0.15, 0.2) is 0 Å². The van der Waals surface area contributed by atoms with Crippen LogP contribution < -0.4 is 5.32 Å². The van der Waals surface area contributed by atoms with Gasteiger partial charge in [0.1, 0.15) is 0 Å². The van der Waals surface area contributed by atoms with Crippen molar-refractivity contribution in [2.24, 2.45) is 0 Å². The average Bonchev–Trinajstić information content (AvgIpc) is 2.62. The molecule has 0 aromatic carbocycles. The van der Waals surface area contributed by atoms with Gasteiger partial charge >= 0.3 is 11.8 Å². The maximum Gasteiger partial charge on any atom is 0.312 e. The fourth-order valence-electron chi connectivity index (χ4n) is 1.68. The van der Waals surface area contributed by atoms with Gasteiger partial charge in [-0.1, -0.05) is 0 Å². The molecule has 1 saturated heterocycles. The van der Waals surface area contributed by atoms with Crippen LogP contribution >= 0.6 is 0 Å². The van der Waals surface area contributed by atoms with Crippen LogP contribution in [0.1, 0.15) is 6.42 Å². The van der Waals surface area contributed by atoms with Crippen molar-refractivity contribution in [1.29, 1.82) is 0 Å². The number of ether oxygens (including phenoxy) is 1. The van der Waals surface area contributed by atoms with Gasteiger partial charge in [-0.25, -0.2) is 0 Å². The number of amides is 2. The molecule has 0 aromatic heterocycles. The first-order chi connectivity index (χ1) is 8.16. The third kappa shape index (κ3) is 4.32. The van der Waals surface area contributed by atoms with Crippen molar-refractivity contribution in [2.75, 3.05) is 53.5 Å². The van der Waals surface area contributed by atoms with Crippen molar-refractivity contribution in [3.05, 3.63) is 0 Å². The number of hydrogen-bond donors (Lipinski definition) is 1. The minimum atomic E-state index is -0.455. The SMILES string of the molecule is COCCN(C)C(=O)C(=O)N1CCCNCC1. The Morgan fingerprint density at radius 2 is 2.12 bits per heavy atom. The summed E-state index contributed by atoms with van der Waals surface area (Å²) in [6.07, 6.45) is 0.890. The van der Waals surface area contributed by atoms with Gasteiger partial charge in [0.15, 0.2) is 0 Å². The topological polar surface area (TPSA) is 61.9 Å². The van der Waals surface area contributed by atoms with Gasteiger partial charge in [0, 0.05) is 40.3 Å². The van der Waals surface area contributed by atoms with Crippen LogP contribution in [0.25, 0.3) is 0 Å². The summed E-state index contributed by atoms with van der Waals surface area (Å²) in [6.45, 7) is 3.78. The van der Waals surface area contributed by atoms with Crippen LogP contribution in [0.2, 0.25) is 0 Å². The van der Waals surface area contributed by atoms with E-state index < -0.39 is 11.8 Å². The van der Waals surface area contributed by atoms with Crippen molar-refractivity contribution in [3.8, 4) is 0 Å². The quantitative estimate of drug-likeness (QED) is 0.640. The summed E-state index contributed by atoms with van der Waals surface area (Å²) in [7, 11) is 3.19. The van der Waals surface area contributed by atoms with E-state index in [0.717, 1.165) is 19.5 Å². The highest BCUT2D eigenvalue weighted by Crippen LogP contribution is 1.99. The molecule has 0 unspecified atom stereocenters. The van der Waals surface area contributed by atoms with Crippen LogP contribution in [0, 0.1) is 0 Å². The van der Waals surface area contributed by atoms with Crippen LogP contribution in [-0.4, -0.2) is 75.1 Å². The highest BCUT2D eigenvalue weighted by atomic mass is 16.5. The predicted molar refractivity (Wildman–Crippen MR) is 63.6 cm³/mol. The summed E-state index contributed by atoms with van der Waals surface area (Å²) < 4.78 is 4.88. The van der Waals surface area contributed by atoms with E-state index in [2.05, 4.69) is 5.32 Å². The Balaban J connectivity index is 2.46. The molecule has 0 spiro atoms. The zero-order valence-corrected chi connectivity index (χ0v) is 10.6. The molecule has 0 saturated carbocycles. The molecule has 1 aliphatic rings. The number of carbonyl (C=O) groups excluding carboxylic acids is 2. The fourth-order valence-corrected chi connectivity index (χ4v) is 1.68. The highest BCUT2D eigenvalue weighted by molar-refractivity contribution is 6.34. The lowest BCUT2D eigenvalue weighted by Crippen LogP contribution is -2.45. The summed E-state index contributed by atoms with van der Waals surface area (Å²) in [5.74, 6) is -0.865. The number of nitrogens with one attached hydrogen (secondary N) is 1. The van der Waals surface area contributed by atoms with Crippen molar-refractivity contribution in [1.82, 2.24) is 15.1 Å². The lowest BCUT2D eigenvalue weighted by molar-refractivity contribution is -0.151. The Kier molecular flexibility index (Phi) is 5.93. The zero-order valence-electron chi connectivity index (χ0n) is 10.6. The minimum absolute atomic E-state index is 0.410. The maximum atomic E-state index is 11.9. The number of likely N-dealkylation sites (N-methyl/N-ethyl adjacent to an activating group) is 1. The van der Waals surface area contributed by atoms with Gasteiger partial charge in [-0.3, -0.25) is 9.59 Å². The molecular formula is C11H21N3O3. The van der Waals surface area contributed by atoms with Gasteiger partial charge in [-0.15, -0.1) is 0 Å². The molecule has 1 aliphatic heterocycles. The van der Waals surface area contributed by atoms with Crippen molar-refractivity contribution in [3.63, 3.8) is 0 Å². The van der Waals surface area contributed by atoms with E-state index in [0.29, 0.717) is 26.2 Å². The largest absolute Gasteiger partial charge is 0.383 e. The summed E-state index contributed by atoms with van der Waals surface area (Å²) in [5, 5.41) is 3.20. The summed E-state index contributed by atoms with van der Waals surface area (Å²) in [4.78, 5) is 26.8. The summed E-state index contributed by atoms with van der Waals surface area (Å²) in [5.41, 5.74) is 0. The number of methoxy groups -OCH3 is 1. The Bertz CT molecular complexity index is 263. The Morgan fingerprint density at radius 3 is 2.82 bits per heavy atom. The zero-order chi connectivity index (χ0) is 12.7. The van der Waals surface area contributed by atoms with Gasteiger partial charge < -0.3 is 19.9 Å². The predicted octanol–water partition coefficient (Wildman–Crippen LogP) is -1.09. The Hall–Kier alpha value is -1.14. The van der Waals surface area contributed by atoms with Gasteiger partial charge in [-0.2, -0.15) is 0 Å². The minimum Gasteiger partial charge on any atom is -0.383 e. The first-order valence-corrected chi connectivity index (χ1v) is 5.91. The van der Waals surface area contributed by atoms with Crippen LogP contribution in [0.3, 0.4) is 0 Å². The molecule has 1 N–H and O–H groups in total. The first-order valence-electron chi connectivity index (χ1n) is 5.91. The lowest BCUT2D eigenvalue weighted by atomic mass is 10.3. The maximum absolute atomic E-state index is 11.9. The smallest absolute Gasteiger partial charge is 0.312 e. The first kappa shape index (κ1) is 13.9. The van der Waals surface area contributed by atoms with E-state index in [1.807, 2.05) is 0 Å². The number of hydrogen-bond acceptors (Lipinski definition) is 4. The molecule has 0 atom stereocenters. The number of carbonyl (C=O) groups is 2. The van der Waals surface area contributed by atoms with Gasteiger partial charge in [-0.05, 0) is 13.0 Å². The lowest BCUT2D eigenvalue weighted by Gasteiger charge is -2.23. The van der Waals surface area contributed by atoms with E-state index in [1.54, 1.807) is 19.1 Å². The van der Waals surface area contributed by atoms with Gasteiger partial charge in [0.2, 0.25) is 0 Å². The van der Waals surface area contributed by atoms with Crippen molar-refractivity contribution in [2.45, 2.75) is 6.42 Å². The molecule has 1 rings (SSSR count). The van der Waals surface area contributed by atoms with E-state index in [9.17, 15) is 9.59 Å². The molecule has 0 aliphatic carbocycles. The van der Waals surface area contributed by atoms with Gasteiger partial charge in [0.05, 0.1) is 6.61 Å². The Labute approximate surface area is 102 Å². The molecule has 1 fully saturated rings. The normalized spacial score (nSPS) is 16.5. The highest BCUT2D eigenvalue weighted by Gasteiger charge is 2.25. The molecule has 1 heterocycles. The molecule has 0 aromatic rings. The van der Waals surface area contributed by atoms with Crippen molar-refractivity contribution >= 4 is 11.8 Å². The average molecular weight is 243 g/mol. The molecule has 0 bridgehead atoms. The number of rotatable bonds is 3. The molecule has 98 valence electrons. The molecule has 0 radical (unpaired) electrons. The van der Waals surface area contributed by atoms with Gasteiger partial charge in [0.25, 0.3) is 0 Å². The summed E-state index contributed by atoms with van der Waals surface area (Å²) >= 11 is 0. The second-order valence-corrected chi connectivity index (χ2v) is 4.12. The van der Waals surface area contributed by atoms with Crippen LogP contribution in [-0.2, 0) is 14.3 Å². The fraction of sp³-hybridized carbons (Fsp3) is 0.818. The van der Waals surface area contributed by atoms with E-state index in [4.69, 9.17) is 4.74 Å². The van der Waals surface area contributed by atoms with E-state index in [1.165, 1.54) is 4.90 Å². The van der Waals surface area contributed by atoms with E-state index in [-0.39, 0.29) is 0 Å². The Morgan fingerprint density at radius 1 is 1.35 bits per heavy atom. The molecule has 6 nitrogen and oxygen atoms in total. The standard InChI is InChI=1S/C11H21N3O3/c1-13(8-9-17-2)10(15)11(16)14-6-3-4-12-5-7-14/h12H,3-9H2,1-2H3. The molecular weight excluding hydrogens is 222 g/mol. The number of nitrogens with zero attached hydrogens (tertiary/aromatic N) is 2. The van der Waals surface area contributed by atoms with E-state index >= 15 is 0 Å². The third-order valence-corrected chi connectivity index (χ3v) is 2.79. The summed E-state index contributed by atoms with van der Waals surface area (Å²) in [6, 6.07) is 0. The molecule has 17 heavy (non-hydrogen) atoms.